The summed E-state index contributed by atoms with van der Waals surface area (Å²) >= 11 is 2.21. The van der Waals surface area contributed by atoms with Crippen molar-refractivity contribution >= 4 is 39.6 Å². The molecule has 0 spiro atoms. The molecule has 3 rings (SSSR count). The van der Waals surface area contributed by atoms with Crippen LogP contribution in [-0.2, 0) is 0 Å². The van der Waals surface area contributed by atoms with Gasteiger partial charge >= 0.3 is 0 Å². The number of hydrogen-bond donors (Lipinski definition) is 2. The highest BCUT2D eigenvalue weighted by Crippen LogP contribution is 2.19. The van der Waals surface area contributed by atoms with E-state index in [2.05, 4.69) is 53.2 Å². The molecule has 0 saturated carbocycles. The summed E-state index contributed by atoms with van der Waals surface area (Å²) in [4.78, 5) is 8.80. The lowest BCUT2D eigenvalue weighted by Gasteiger charge is -2.05. The first-order valence-corrected chi connectivity index (χ1v) is 6.51. The van der Waals surface area contributed by atoms with E-state index in [1.54, 1.807) is 17.1 Å². The summed E-state index contributed by atoms with van der Waals surface area (Å²) in [7, 11) is 0. The fraction of sp³-hybridized carbons (Fsp3) is 0.200. The summed E-state index contributed by atoms with van der Waals surface area (Å²) in [5.74, 6) is 1.28. The van der Waals surface area contributed by atoms with E-state index in [4.69, 9.17) is 0 Å². The Morgan fingerprint density at radius 2 is 2.28 bits per heavy atom. The van der Waals surface area contributed by atoms with Crippen LogP contribution < -0.4 is 5.32 Å². The minimum atomic E-state index is 0.565. The van der Waals surface area contributed by atoms with Gasteiger partial charge in [0.25, 0.3) is 0 Å². The molecule has 0 bridgehead atoms. The molecule has 0 atom stereocenters. The Morgan fingerprint density at radius 1 is 1.39 bits per heavy atom. The van der Waals surface area contributed by atoms with Crippen molar-refractivity contribution in [3.8, 4) is 5.82 Å². The van der Waals surface area contributed by atoms with E-state index in [1.165, 1.54) is 0 Å². The van der Waals surface area contributed by atoms with E-state index in [0.29, 0.717) is 17.4 Å². The van der Waals surface area contributed by atoms with Gasteiger partial charge in [-0.25, -0.2) is 4.68 Å². The summed E-state index contributed by atoms with van der Waals surface area (Å²) in [6.45, 7) is 2.76. The van der Waals surface area contributed by atoms with E-state index >= 15 is 0 Å². The highest BCUT2D eigenvalue weighted by atomic mass is 127. The van der Waals surface area contributed by atoms with Gasteiger partial charge in [0.1, 0.15) is 0 Å². The van der Waals surface area contributed by atoms with Crippen molar-refractivity contribution in [1.29, 1.82) is 0 Å². The van der Waals surface area contributed by atoms with E-state index in [1.807, 2.05) is 13.1 Å². The number of nitrogens with one attached hydrogen (secondary N) is 2. The van der Waals surface area contributed by atoms with E-state index in [-0.39, 0.29) is 0 Å². The molecule has 0 saturated heterocycles. The van der Waals surface area contributed by atoms with Crippen molar-refractivity contribution in [2.75, 3.05) is 11.9 Å². The number of H-pyrrole nitrogens is 1. The van der Waals surface area contributed by atoms with Gasteiger partial charge in [-0.05, 0) is 29.5 Å². The average molecular weight is 355 g/mol. The summed E-state index contributed by atoms with van der Waals surface area (Å²) < 4.78 is 2.77. The van der Waals surface area contributed by atoms with Crippen LogP contribution in [0.15, 0.2) is 18.6 Å². The molecular formula is C10H10IN7. The second-order valence-corrected chi connectivity index (χ2v) is 4.88. The van der Waals surface area contributed by atoms with Gasteiger partial charge in [0.15, 0.2) is 11.5 Å². The molecule has 0 aliphatic carbocycles. The number of aromatic nitrogens is 6. The third-order valence-corrected chi connectivity index (χ3v) is 2.95. The Labute approximate surface area is 116 Å². The second-order valence-electron chi connectivity index (χ2n) is 3.64. The summed E-state index contributed by atoms with van der Waals surface area (Å²) in [5, 5.41) is 15.1. The number of hydrogen-bond acceptors (Lipinski definition) is 5. The predicted octanol–water partition coefficient (Wildman–Crippen LogP) is 1.57. The molecule has 0 radical (unpaired) electrons. The number of nitrogens with zero attached hydrogens (tertiary/aromatic N) is 5. The van der Waals surface area contributed by atoms with Crippen LogP contribution in [0, 0.1) is 3.57 Å². The number of halogens is 1. The lowest BCUT2D eigenvalue weighted by atomic mass is 10.4. The Balaban J connectivity index is 2.22. The Bertz CT molecular complexity index is 686. The first-order chi connectivity index (χ1) is 8.78. The maximum absolute atomic E-state index is 4.46. The van der Waals surface area contributed by atoms with E-state index in [9.17, 15) is 0 Å². The number of rotatable bonds is 3. The summed E-state index contributed by atoms with van der Waals surface area (Å²) in [6.07, 6.45) is 5.39. The van der Waals surface area contributed by atoms with Gasteiger partial charge < -0.3 is 5.32 Å². The van der Waals surface area contributed by atoms with Crippen LogP contribution in [0.5, 0.6) is 0 Å². The molecule has 0 unspecified atom stereocenters. The minimum Gasteiger partial charge on any atom is -0.354 e. The van der Waals surface area contributed by atoms with Gasteiger partial charge in [0.2, 0.25) is 5.95 Å². The van der Waals surface area contributed by atoms with Gasteiger partial charge in [0, 0.05) is 12.7 Å². The maximum atomic E-state index is 4.46. The van der Waals surface area contributed by atoms with Gasteiger partial charge in [-0.3, -0.25) is 5.10 Å². The second kappa shape index (κ2) is 4.52. The Kier molecular flexibility index (Phi) is 2.86. The van der Waals surface area contributed by atoms with Crippen LogP contribution in [0.1, 0.15) is 6.92 Å². The first kappa shape index (κ1) is 11.4. The largest absolute Gasteiger partial charge is 0.354 e. The zero-order valence-electron chi connectivity index (χ0n) is 9.55. The normalized spacial score (nSPS) is 11.0. The Hall–Kier alpha value is -1.71. The maximum Gasteiger partial charge on any atom is 0.226 e. The first-order valence-electron chi connectivity index (χ1n) is 5.43. The molecular weight excluding hydrogens is 345 g/mol. The average Bonchev–Trinajstić information content (AvgIpc) is 2.97. The number of anilines is 1. The quantitative estimate of drug-likeness (QED) is 0.697. The van der Waals surface area contributed by atoms with Gasteiger partial charge in [-0.1, -0.05) is 0 Å². The topological polar surface area (TPSA) is 84.3 Å². The zero-order valence-corrected chi connectivity index (χ0v) is 11.7. The molecule has 7 nitrogen and oxygen atoms in total. The van der Waals surface area contributed by atoms with Crippen molar-refractivity contribution in [2.24, 2.45) is 0 Å². The Morgan fingerprint density at radius 3 is 3.00 bits per heavy atom. The van der Waals surface area contributed by atoms with Crippen molar-refractivity contribution in [3.63, 3.8) is 0 Å². The highest BCUT2D eigenvalue weighted by Gasteiger charge is 2.11. The summed E-state index contributed by atoms with van der Waals surface area (Å²) in [6, 6.07) is 0. The van der Waals surface area contributed by atoms with Crippen molar-refractivity contribution in [3.05, 3.63) is 22.2 Å². The molecule has 92 valence electrons. The third kappa shape index (κ3) is 1.92. The summed E-state index contributed by atoms with van der Waals surface area (Å²) in [5.41, 5.74) is 0.696. The lowest BCUT2D eigenvalue weighted by molar-refractivity contribution is 0.850. The standard InChI is InChI=1S/C10H10IN7/c1-2-12-10-15-8-7(4-13-17-8)9(16-10)18-5-6(11)3-14-18/h3-5H,2H2,1H3,(H2,12,13,15,16,17). The predicted molar refractivity (Wildman–Crippen MR) is 75.7 cm³/mol. The van der Waals surface area contributed by atoms with Crippen LogP contribution >= 0.6 is 22.6 Å². The number of fused-ring (bicyclic) bond motifs is 1. The van der Waals surface area contributed by atoms with Crippen LogP contribution in [0.25, 0.3) is 16.9 Å². The monoisotopic (exact) mass is 355 g/mol. The fourth-order valence-electron chi connectivity index (χ4n) is 1.65. The molecule has 3 aromatic heterocycles. The molecule has 0 fully saturated rings. The fourth-order valence-corrected chi connectivity index (χ4v) is 2.04. The zero-order chi connectivity index (χ0) is 12.5. The highest BCUT2D eigenvalue weighted by molar-refractivity contribution is 14.1. The van der Waals surface area contributed by atoms with Crippen molar-refractivity contribution in [2.45, 2.75) is 6.92 Å². The van der Waals surface area contributed by atoms with E-state index < -0.39 is 0 Å². The van der Waals surface area contributed by atoms with E-state index in [0.717, 1.165) is 15.5 Å². The van der Waals surface area contributed by atoms with Crippen molar-refractivity contribution < 1.29 is 0 Å². The van der Waals surface area contributed by atoms with Crippen molar-refractivity contribution in [1.82, 2.24) is 29.9 Å². The molecule has 18 heavy (non-hydrogen) atoms. The lowest BCUT2D eigenvalue weighted by Crippen LogP contribution is -2.06. The van der Waals surface area contributed by atoms with Gasteiger partial charge in [-0.2, -0.15) is 20.2 Å². The van der Waals surface area contributed by atoms with Crippen LogP contribution in [0.4, 0.5) is 5.95 Å². The number of aromatic amines is 1. The SMILES string of the molecule is CCNc1nc(-n2cc(I)cn2)c2cn[nH]c2n1. The smallest absolute Gasteiger partial charge is 0.226 e. The minimum absolute atomic E-state index is 0.565. The molecule has 3 aromatic rings. The molecule has 3 heterocycles. The van der Waals surface area contributed by atoms with Gasteiger partial charge in [-0.15, -0.1) is 0 Å². The molecule has 0 aliphatic rings. The van der Waals surface area contributed by atoms with Crippen LogP contribution in [0.2, 0.25) is 0 Å². The van der Waals surface area contributed by atoms with Gasteiger partial charge in [0.05, 0.1) is 21.4 Å². The van der Waals surface area contributed by atoms with Crippen LogP contribution in [-0.4, -0.2) is 36.5 Å². The van der Waals surface area contributed by atoms with Crippen LogP contribution in [0.3, 0.4) is 0 Å². The molecule has 0 aromatic carbocycles. The third-order valence-electron chi connectivity index (χ3n) is 2.39. The molecule has 0 aliphatic heterocycles. The molecule has 0 amide bonds. The molecule has 2 N–H and O–H groups in total. The molecule has 8 heteroatoms.